The van der Waals surface area contributed by atoms with Crippen molar-refractivity contribution in [3.63, 3.8) is 0 Å². The lowest BCUT2D eigenvalue weighted by molar-refractivity contribution is 0.200. The topological polar surface area (TPSA) is 30.3 Å². The Morgan fingerprint density at radius 1 is 1.50 bits per heavy atom. The van der Waals surface area contributed by atoms with Gasteiger partial charge in [0.15, 0.2) is 5.96 Å². The molecule has 0 aliphatic carbocycles. The largest absolute Gasteiger partial charge is 0.343 e. The Morgan fingerprint density at radius 3 is 2.58 bits per heavy atom. The highest BCUT2D eigenvalue weighted by atomic mass is 15.4. The quantitative estimate of drug-likeness (QED) is 0.642. The van der Waals surface area contributed by atoms with Crippen molar-refractivity contribution in [3.8, 4) is 0 Å². The molecule has 1 rings (SSSR count). The van der Waals surface area contributed by atoms with Crippen LogP contribution in [-0.2, 0) is 0 Å². The molecule has 0 aromatic carbocycles. The fourth-order valence-corrected chi connectivity index (χ4v) is 1.54. The van der Waals surface area contributed by atoms with E-state index in [4.69, 9.17) is 5.41 Å². The molecule has 3 nitrogen and oxygen atoms in total. The van der Waals surface area contributed by atoms with Gasteiger partial charge >= 0.3 is 0 Å². The summed E-state index contributed by atoms with van der Waals surface area (Å²) in [5.41, 5.74) is 0. The molecular weight excluding hydrogens is 150 g/mol. The highest BCUT2D eigenvalue weighted by molar-refractivity contribution is 5.78. The molecule has 70 valence electrons. The van der Waals surface area contributed by atoms with Crippen LogP contribution >= 0.6 is 0 Å². The molecule has 0 aromatic rings. The summed E-state index contributed by atoms with van der Waals surface area (Å²) in [7, 11) is 2.00. The first-order valence-corrected chi connectivity index (χ1v) is 4.62. The van der Waals surface area contributed by atoms with Gasteiger partial charge in [-0.15, -0.1) is 0 Å². The van der Waals surface area contributed by atoms with Crippen LogP contribution in [0.3, 0.4) is 0 Å². The Bertz CT molecular complexity index is 177. The molecule has 1 unspecified atom stereocenters. The molecule has 1 fully saturated rings. The molecule has 3 heteroatoms. The summed E-state index contributed by atoms with van der Waals surface area (Å²) >= 11 is 0. The summed E-state index contributed by atoms with van der Waals surface area (Å²) in [5.74, 6) is 0.670. The minimum Gasteiger partial charge on any atom is -0.343 e. The van der Waals surface area contributed by atoms with E-state index in [9.17, 15) is 0 Å². The number of rotatable bonds is 1. The maximum atomic E-state index is 7.86. The van der Waals surface area contributed by atoms with Gasteiger partial charge in [-0.1, -0.05) is 0 Å². The molecule has 12 heavy (non-hydrogen) atoms. The molecule has 1 aliphatic heterocycles. The molecule has 1 heterocycles. The zero-order valence-electron chi connectivity index (χ0n) is 8.46. The van der Waals surface area contributed by atoms with Gasteiger partial charge in [-0.3, -0.25) is 5.41 Å². The monoisotopic (exact) mass is 169 g/mol. The second kappa shape index (κ2) is 3.33. The van der Waals surface area contributed by atoms with Crippen LogP contribution in [-0.4, -0.2) is 41.4 Å². The van der Waals surface area contributed by atoms with E-state index >= 15 is 0 Å². The zero-order chi connectivity index (χ0) is 9.30. The van der Waals surface area contributed by atoms with Gasteiger partial charge in [0.05, 0.1) is 0 Å². The lowest BCUT2D eigenvalue weighted by atomic mass is 10.1. The summed E-state index contributed by atoms with van der Waals surface area (Å²) in [4.78, 5) is 4.18. The van der Waals surface area contributed by atoms with E-state index in [2.05, 4.69) is 25.7 Å². The zero-order valence-corrected chi connectivity index (χ0v) is 8.46. The number of nitrogens with one attached hydrogen (secondary N) is 1. The highest BCUT2D eigenvalue weighted by Gasteiger charge is 2.25. The predicted molar refractivity (Wildman–Crippen MR) is 51.4 cm³/mol. The molecular formula is C9H19N3. The maximum absolute atomic E-state index is 7.86. The second-order valence-corrected chi connectivity index (χ2v) is 3.86. The van der Waals surface area contributed by atoms with Crippen LogP contribution in [0.2, 0.25) is 0 Å². The van der Waals surface area contributed by atoms with Crippen LogP contribution in [0.4, 0.5) is 0 Å². The molecule has 0 amide bonds. The van der Waals surface area contributed by atoms with Crippen molar-refractivity contribution >= 4 is 5.96 Å². The van der Waals surface area contributed by atoms with Crippen LogP contribution in [0.5, 0.6) is 0 Å². The van der Waals surface area contributed by atoms with Gasteiger partial charge in [-0.25, -0.2) is 0 Å². The van der Waals surface area contributed by atoms with Crippen molar-refractivity contribution in [3.05, 3.63) is 0 Å². The molecule has 0 spiro atoms. The van der Waals surface area contributed by atoms with E-state index in [-0.39, 0.29) is 0 Å². The van der Waals surface area contributed by atoms with Crippen molar-refractivity contribution < 1.29 is 0 Å². The third-order valence-electron chi connectivity index (χ3n) is 2.68. The van der Waals surface area contributed by atoms with E-state index in [1.54, 1.807) is 0 Å². The van der Waals surface area contributed by atoms with Crippen molar-refractivity contribution in [2.24, 2.45) is 0 Å². The molecule has 1 aliphatic rings. The predicted octanol–water partition coefficient (Wildman–Crippen LogP) is 1.36. The molecule has 1 saturated heterocycles. The van der Waals surface area contributed by atoms with Crippen LogP contribution in [0.15, 0.2) is 0 Å². The summed E-state index contributed by atoms with van der Waals surface area (Å²) in [6, 6.07) is 0.972. The van der Waals surface area contributed by atoms with Gasteiger partial charge in [0.2, 0.25) is 0 Å². The second-order valence-electron chi connectivity index (χ2n) is 3.86. The van der Waals surface area contributed by atoms with Gasteiger partial charge in [0.25, 0.3) is 0 Å². The van der Waals surface area contributed by atoms with Gasteiger partial charge in [-0.05, 0) is 27.2 Å². The first-order valence-electron chi connectivity index (χ1n) is 4.62. The van der Waals surface area contributed by atoms with Crippen molar-refractivity contribution in [1.29, 1.82) is 5.41 Å². The Labute approximate surface area is 74.9 Å². The third kappa shape index (κ3) is 1.54. The summed E-state index contributed by atoms with van der Waals surface area (Å²) < 4.78 is 0. The lowest BCUT2D eigenvalue weighted by Crippen LogP contribution is -2.54. The first kappa shape index (κ1) is 9.36. The number of hydrogen-bond acceptors (Lipinski definition) is 1. The fourth-order valence-electron chi connectivity index (χ4n) is 1.54. The van der Waals surface area contributed by atoms with E-state index < -0.39 is 0 Å². The molecule has 1 N–H and O–H groups in total. The summed E-state index contributed by atoms with van der Waals surface area (Å²) in [5, 5.41) is 7.86. The molecule has 1 atom stereocenters. The van der Waals surface area contributed by atoms with E-state index in [1.807, 2.05) is 11.9 Å². The fraction of sp³-hybridized carbons (Fsp3) is 0.889. The van der Waals surface area contributed by atoms with Crippen molar-refractivity contribution in [1.82, 2.24) is 9.80 Å². The number of nitrogens with zero attached hydrogens (tertiary/aromatic N) is 2. The smallest absolute Gasteiger partial charge is 0.193 e. The lowest BCUT2D eigenvalue weighted by Gasteiger charge is -2.42. The Kier molecular flexibility index (Phi) is 2.60. The highest BCUT2D eigenvalue weighted by Crippen LogP contribution is 2.14. The van der Waals surface area contributed by atoms with E-state index in [0.29, 0.717) is 18.0 Å². The number of hydrogen-bond donors (Lipinski definition) is 1. The Hall–Kier alpha value is -0.730. The average Bonchev–Trinajstić information content (AvgIpc) is 2.00. The summed E-state index contributed by atoms with van der Waals surface area (Å²) in [6.45, 7) is 7.48. The Balaban J connectivity index is 2.65. The van der Waals surface area contributed by atoms with Gasteiger partial charge < -0.3 is 9.80 Å². The van der Waals surface area contributed by atoms with E-state index in [0.717, 1.165) is 13.0 Å². The van der Waals surface area contributed by atoms with Crippen LogP contribution < -0.4 is 0 Å². The summed E-state index contributed by atoms with van der Waals surface area (Å²) in [6.07, 6.45) is 1.16. The SMILES string of the molecule is CC1CCN(C(C)C)C(=N)N1C. The maximum Gasteiger partial charge on any atom is 0.193 e. The van der Waals surface area contributed by atoms with E-state index in [1.165, 1.54) is 0 Å². The van der Waals surface area contributed by atoms with Gasteiger partial charge in [-0.2, -0.15) is 0 Å². The van der Waals surface area contributed by atoms with Gasteiger partial charge in [0, 0.05) is 25.7 Å². The standard InChI is InChI=1S/C9H19N3/c1-7(2)12-6-5-8(3)11(4)9(12)10/h7-8,10H,5-6H2,1-4H3. The average molecular weight is 169 g/mol. The minimum absolute atomic E-state index is 0.451. The van der Waals surface area contributed by atoms with Crippen LogP contribution in [0.1, 0.15) is 27.2 Å². The van der Waals surface area contributed by atoms with Crippen LogP contribution in [0, 0.1) is 5.41 Å². The molecule has 0 radical (unpaired) electrons. The number of guanidine groups is 1. The molecule has 0 bridgehead atoms. The molecule has 0 saturated carbocycles. The molecule has 0 aromatic heterocycles. The van der Waals surface area contributed by atoms with Crippen molar-refractivity contribution in [2.75, 3.05) is 13.6 Å². The van der Waals surface area contributed by atoms with Crippen molar-refractivity contribution in [2.45, 2.75) is 39.3 Å². The van der Waals surface area contributed by atoms with Crippen LogP contribution in [0.25, 0.3) is 0 Å². The third-order valence-corrected chi connectivity index (χ3v) is 2.68. The minimum atomic E-state index is 0.451. The normalized spacial score (nSPS) is 25.4. The van der Waals surface area contributed by atoms with Gasteiger partial charge in [0.1, 0.15) is 0 Å². The first-order chi connectivity index (χ1) is 5.54. The Morgan fingerprint density at radius 2 is 2.08 bits per heavy atom.